The van der Waals surface area contributed by atoms with Gasteiger partial charge in [-0.15, -0.1) is 0 Å². The molecule has 0 spiro atoms. The van der Waals surface area contributed by atoms with Gasteiger partial charge in [0, 0.05) is 12.1 Å². The van der Waals surface area contributed by atoms with E-state index in [-0.39, 0.29) is 12.5 Å². The highest BCUT2D eigenvalue weighted by atomic mass is 19.4. The van der Waals surface area contributed by atoms with E-state index in [1.807, 2.05) is 0 Å². The summed E-state index contributed by atoms with van der Waals surface area (Å²) in [4.78, 5) is 13.3. The first kappa shape index (κ1) is 17.5. The Morgan fingerprint density at radius 2 is 1.90 bits per heavy atom. The molecular formula is C15H21F3N2O. The van der Waals surface area contributed by atoms with Crippen LogP contribution >= 0.6 is 0 Å². The lowest BCUT2D eigenvalue weighted by Gasteiger charge is -2.26. The van der Waals surface area contributed by atoms with Crippen molar-refractivity contribution in [3.05, 3.63) is 35.4 Å². The van der Waals surface area contributed by atoms with E-state index in [9.17, 15) is 18.0 Å². The predicted octanol–water partition coefficient (Wildman–Crippen LogP) is 2.85. The number of amides is 1. The van der Waals surface area contributed by atoms with E-state index >= 15 is 0 Å². The van der Waals surface area contributed by atoms with E-state index < -0.39 is 18.6 Å². The molecule has 1 aromatic rings. The van der Waals surface area contributed by atoms with Crippen LogP contribution in [-0.2, 0) is 6.42 Å². The molecule has 2 N–H and O–H groups in total. The topological polar surface area (TPSA) is 46.3 Å². The largest absolute Gasteiger partial charge is 0.406 e. The summed E-state index contributed by atoms with van der Waals surface area (Å²) in [7, 11) is 0. The maximum atomic E-state index is 12.7. The Labute approximate surface area is 122 Å². The van der Waals surface area contributed by atoms with Gasteiger partial charge in [-0.1, -0.05) is 32.0 Å². The molecule has 3 nitrogen and oxygen atoms in total. The minimum absolute atomic E-state index is 0.0435. The molecule has 0 heterocycles. The molecule has 0 saturated heterocycles. The van der Waals surface area contributed by atoms with Gasteiger partial charge in [-0.3, -0.25) is 4.79 Å². The second-order valence-corrected chi connectivity index (χ2v) is 5.39. The Balaban J connectivity index is 3.04. The summed E-state index contributed by atoms with van der Waals surface area (Å²) < 4.78 is 38.0. The van der Waals surface area contributed by atoms with Crippen LogP contribution in [0.3, 0.4) is 0 Å². The zero-order valence-corrected chi connectivity index (χ0v) is 12.3. The first-order valence-corrected chi connectivity index (χ1v) is 6.88. The lowest BCUT2D eigenvalue weighted by atomic mass is 10.0. The van der Waals surface area contributed by atoms with Gasteiger partial charge >= 0.3 is 6.18 Å². The standard InChI is InChI=1S/C15H21F3N2O/c1-11(2)9-20(10-15(16,17)18)14(21)13-6-4-3-5-12(13)7-8-19/h3-6,11H,7-10,19H2,1-2H3. The van der Waals surface area contributed by atoms with Crippen molar-refractivity contribution in [3.63, 3.8) is 0 Å². The van der Waals surface area contributed by atoms with Crippen LogP contribution in [0.25, 0.3) is 0 Å². The molecule has 0 aromatic heterocycles. The monoisotopic (exact) mass is 302 g/mol. The van der Waals surface area contributed by atoms with Gasteiger partial charge < -0.3 is 10.6 Å². The smallest absolute Gasteiger partial charge is 0.330 e. The minimum Gasteiger partial charge on any atom is -0.330 e. The van der Waals surface area contributed by atoms with Crippen LogP contribution in [0, 0.1) is 5.92 Å². The molecule has 0 fully saturated rings. The lowest BCUT2D eigenvalue weighted by molar-refractivity contribution is -0.141. The number of nitrogens with zero attached hydrogens (tertiary/aromatic N) is 1. The maximum Gasteiger partial charge on any atom is 0.406 e. The number of nitrogens with two attached hydrogens (primary N) is 1. The van der Waals surface area contributed by atoms with Gasteiger partial charge in [0.15, 0.2) is 0 Å². The van der Waals surface area contributed by atoms with Crippen molar-refractivity contribution in [1.82, 2.24) is 4.90 Å². The fourth-order valence-corrected chi connectivity index (χ4v) is 2.15. The third-order valence-corrected chi connectivity index (χ3v) is 2.90. The summed E-state index contributed by atoms with van der Waals surface area (Å²) in [6.07, 6.45) is -3.95. The Kier molecular flexibility index (Phi) is 6.20. The molecule has 1 aromatic carbocycles. The van der Waals surface area contributed by atoms with Crippen LogP contribution in [0.4, 0.5) is 13.2 Å². The van der Waals surface area contributed by atoms with Crippen LogP contribution < -0.4 is 5.73 Å². The molecule has 0 aliphatic heterocycles. The zero-order valence-electron chi connectivity index (χ0n) is 12.3. The van der Waals surface area contributed by atoms with E-state index in [0.717, 1.165) is 4.90 Å². The van der Waals surface area contributed by atoms with Gasteiger partial charge in [0.25, 0.3) is 5.91 Å². The molecule has 0 saturated carbocycles. The molecule has 0 atom stereocenters. The van der Waals surface area contributed by atoms with Gasteiger partial charge in [0.2, 0.25) is 0 Å². The van der Waals surface area contributed by atoms with Gasteiger partial charge in [-0.05, 0) is 30.5 Å². The summed E-state index contributed by atoms with van der Waals surface area (Å²) in [6.45, 7) is 2.73. The fourth-order valence-electron chi connectivity index (χ4n) is 2.15. The average Bonchev–Trinajstić information content (AvgIpc) is 2.36. The Morgan fingerprint density at radius 3 is 2.43 bits per heavy atom. The van der Waals surface area contributed by atoms with Crippen molar-refractivity contribution in [2.45, 2.75) is 26.4 Å². The molecule has 118 valence electrons. The minimum atomic E-state index is -4.41. The summed E-state index contributed by atoms with van der Waals surface area (Å²) in [5, 5.41) is 0. The SMILES string of the molecule is CC(C)CN(CC(F)(F)F)C(=O)c1ccccc1CCN. The molecule has 0 bridgehead atoms. The van der Waals surface area contributed by atoms with Gasteiger partial charge in [0.1, 0.15) is 6.54 Å². The number of benzene rings is 1. The molecular weight excluding hydrogens is 281 g/mol. The third-order valence-electron chi connectivity index (χ3n) is 2.90. The van der Waals surface area contributed by atoms with Crippen LogP contribution in [0.5, 0.6) is 0 Å². The van der Waals surface area contributed by atoms with E-state index in [2.05, 4.69) is 0 Å². The van der Waals surface area contributed by atoms with Crippen LogP contribution in [0.1, 0.15) is 29.8 Å². The molecule has 1 amide bonds. The predicted molar refractivity (Wildman–Crippen MR) is 76.0 cm³/mol. The van der Waals surface area contributed by atoms with Crippen molar-refractivity contribution >= 4 is 5.91 Å². The summed E-state index contributed by atoms with van der Waals surface area (Å²) in [5.41, 5.74) is 6.46. The Morgan fingerprint density at radius 1 is 1.29 bits per heavy atom. The second kappa shape index (κ2) is 7.45. The van der Waals surface area contributed by atoms with Crippen LogP contribution in [-0.4, -0.2) is 36.6 Å². The third kappa shape index (κ3) is 5.75. The lowest BCUT2D eigenvalue weighted by Crippen LogP contribution is -2.41. The highest BCUT2D eigenvalue weighted by Gasteiger charge is 2.34. The van der Waals surface area contributed by atoms with Gasteiger partial charge in [-0.2, -0.15) is 13.2 Å². The first-order valence-electron chi connectivity index (χ1n) is 6.88. The quantitative estimate of drug-likeness (QED) is 0.878. The normalized spacial score (nSPS) is 11.8. The van der Waals surface area contributed by atoms with Crippen molar-refractivity contribution in [3.8, 4) is 0 Å². The number of carbonyl (C=O) groups excluding carboxylic acids is 1. The number of rotatable bonds is 6. The van der Waals surface area contributed by atoms with E-state index in [1.165, 1.54) is 0 Å². The number of carbonyl (C=O) groups is 1. The van der Waals surface area contributed by atoms with Gasteiger partial charge in [0.05, 0.1) is 0 Å². The summed E-state index contributed by atoms with van der Waals surface area (Å²) in [6, 6.07) is 6.67. The molecule has 0 radical (unpaired) electrons. The molecule has 0 aliphatic rings. The van der Waals surface area contributed by atoms with E-state index in [0.29, 0.717) is 24.1 Å². The van der Waals surface area contributed by atoms with Crippen LogP contribution in [0.15, 0.2) is 24.3 Å². The maximum absolute atomic E-state index is 12.7. The number of hydrogen-bond donors (Lipinski definition) is 1. The number of halogens is 3. The van der Waals surface area contributed by atoms with E-state index in [4.69, 9.17) is 5.73 Å². The summed E-state index contributed by atoms with van der Waals surface area (Å²) in [5.74, 6) is -0.636. The second-order valence-electron chi connectivity index (χ2n) is 5.39. The van der Waals surface area contributed by atoms with Crippen molar-refractivity contribution in [2.75, 3.05) is 19.6 Å². The number of alkyl halides is 3. The average molecular weight is 302 g/mol. The molecule has 1 rings (SSSR count). The van der Waals surface area contributed by atoms with Crippen LogP contribution in [0.2, 0.25) is 0 Å². The molecule has 6 heteroatoms. The first-order chi connectivity index (χ1) is 9.74. The van der Waals surface area contributed by atoms with Crippen molar-refractivity contribution in [2.24, 2.45) is 11.7 Å². The Bertz CT molecular complexity index is 472. The fraction of sp³-hybridized carbons (Fsp3) is 0.533. The molecule has 0 unspecified atom stereocenters. The molecule has 21 heavy (non-hydrogen) atoms. The zero-order chi connectivity index (χ0) is 16.0. The van der Waals surface area contributed by atoms with Crippen molar-refractivity contribution < 1.29 is 18.0 Å². The highest BCUT2D eigenvalue weighted by molar-refractivity contribution is 5.95. The summed E-state index contributed by atoms with van der Waals surface area (Å²) >= 11 is 0. The number of hydrogen-bond acceptors (Lipinski definition) is 2. The van der Waals surface area contributed by atoms with Gasteiger partial charge in [-0.25, -0.2) is 0 Å². The Hall–Kier alpha value is -1.56. The van der Waals surface area contributed by atoms with E-state index in [1.54, 1.807) is 38.1 Å². The van der Waals surface area contributed by atoms with Crippen molar-refractivity contribution in [1.29, 1.82) is 0 Å². The molecule has 0 aliphatic carbocycles. The highest BCUT2D eigenvalue weighted by Crippen LogP contribution is 2.20.